The molecule has 1 aromatic carbocycles. The highest BCUT2D eigenvalue weighted by Crippen LogP contribution is 2.25. The fourth-order valence-electron chi connectivity index (χ4n) is 3.25. The summed E-state index contributed by atoms with van der Waals surface area (Å²) in [5, 5.41) is 0.968. The topological polar surface area (TPSA) is 76.3 Å². The average Bonchev–Trinajstić information content (AvgIpc) is 2.55. The molecule has 0 spiro atoms. The molecule has 6 heteroatoms. The van der Waals surface area contributed by atoms with Crippen LogP contribution in [0.5, 0.6) is 0 Å². The van der Waals surface area contributed by atoms with E-state index in [-0.39, 0.29) is 11.8 Å². The Kier molecular flexibility index (Phi) is 4.66. The van der Waals surface area contributed by atoms with E-state index < -0.39 is 10.0 Å². The van der Waals surface area contributed by atoms with Gasteiger partial charge in [0.1, 0.15) is 0 Å². The van der Waals surface area contributed by atoms with E-state index in [2.05, 4.69) is 4.98 Å². The van der Waals surface area contributed by atoms with E-state index in [1.54, 1.807) is 10.5 Å². The highest BCUT2D eigenvalue weighted by molar-refractivity contribution is 7.88. The number of fused-ring (bicyclic) bond motifs is 1. The van der Waals surface area contributed by atoms with E-state index in [0.29, 0.717) is 19.0 Å². The normalized spacial score (nSPS) is 19.0. The van der Waals surface area contributed by atoms with Gasteiger partial charge in [-0.05, 0) is 37.3 Å². The molecule has 2 heterocycles. The number of para-hydroxylation sites is 1. The summed E-state index contributed by atoms with van der Waals surface area (Å²) in [4.78, 5) is 4.35. The zero-order valence-electron chi connectivity index (χ0n) is 13.4. The summed E-state index contributed by atoms with van der Waals surface area (Å²) in [6, 6.07) is 9.62. The molecule has 1 aliphatic heterocycles. The van der Waals surface area contributed by atoms with Gasteiger partial charge in [-0.3, -0.25) is 4.98 Å². The standard InChI is InChI=1S/C17H23N3O2S/c1-13(18)14-7-10-20(11-8-14)23(21,22)12-16-5-2-4-15-6-3-9-19-17(15)16/h2-6,9,13-14H,7-8,10-12,18H2,1H3. The molecule has 23 heavy (non-hydrogen) atoms. The maximum absolute atomic E-state index is 12.7. The van der Waals surface area contributed by atoms with Crippen LogP contribution in [0, 0.1) is 5.92 Å². The maximum atomic E-state index is 12.7. The van der Waals surface area contributed by atoms with Gasteiger partial charge in [0, 0.05) is 30.7 Å². The second-order valence-corrected chi connectivity index (χ2v) is 8.31. The largest absolute Gasteiger partial charge is 0.328 e. The van der Waals surface area contributed by atoms with Gasteiger partial charge in [-0.15, -0.1) is 0 Å². The Morgan fingerprint density at radius 1 is 1.26 bits per heavy atom. The lowest BCUT2D eigenvalue weighted by Crippen LogP contribution is -2.42. The maximum Gasteiger partial charge on any atom is 0.218 e. The van der Waals surface area contributed by atoms with Crippen LogP contribution in [0.4, 0.5) is 0 Å². The Hall–Kier alpha value is -1.50. The van der Waals surface area contributed by atoms with Gasteiger partial charge in [-0.1, -0.05) is 24.3 Å². The van der Waals surface area contributed by atoms with Gasteiger partial charge in [-0.2, -0.15) is 0 Å². The van der Waals surface area contributed by atoms with Crippen molar-refractivity contribution in [3.05, 3.63) is 42.1 Å². The van der Waals surface area contributed by atoms with Crippen molar-refractivity contribution >= 4 is 20.9 Å². The van der Waals surface area contributed by atoms with Gasteiger partial charge in [0.2, 0.25) is 10.0 Å². The van der Waals surface area contributed by atoms with Gasteiger partial charge in [-0.25, -0.2) is 12.7 Å². The van der Waals surface area contributed by atoms with Crippen molar-refractivity contribution in [3.8, 4) is 0 Å². The second kappa shape index (κ2) is 6.55. The molecule has 0 aliphatic carbocycles. The second-order valence-electron chi connectivity index (χ2n) is 6.34. The molecule has 3 rings (SSSR count). The molecular formula is C17H23N3O2S. The van der Waals surface area contributed by atoms with Crippen molar-refractivity contribution < 1.29 is 8.42 Å². The molecule has 0 bridgehead atoms. The summed E-state index contributed by atoms with van der Waals surface area (Å²) in [5.74, 6) is 0.421. The van der Waals surface area contributed by atoms with Gasteiger partial charge < -0.3 is 5.73 Å². The zero-order chi connectivity index (χ0) is 16.4. The number of rotatable bonds is 4. The molecule has 5 nitrogen and oxygen atoms in total. The van der Waals surface area contributed by atoms with Gasteiger partial charge in [0.05, 0.1) is 11.3 Å². The summed E-state index contributed by atoms with van der Waals surface area (Å²) in [5.41, 5.74) is 7.46. The molecule has 2 aromatic rings. The molecule has 0 saturated carbocycles. The lowest BCUT2D eigenvalue weighted by molar-refractivity contribution is 0.250. The van der Waals surface area contributed by atoms with Crippen LogP contribution in [0.25, 0.3) is 10.9 Å². The first-order chi connectivity index (χ1) is 11.0. The average molecular weight is 333 g/mol. The first kappa shape index (κ1) is 16.4. The predicted molar refractivity (Wildman–Crippen MR) is 92.3 cm³/mol. The quantitative estimate of drug-likeness (QED) is 0.930. The van der Waals surface area contributed by atoms with Crippen molar-refractivity contribution in [2.24, 2.45) is 11.7 Å². The third-order valence-electron chi connectivity index (χ3n) is 4.69. The lowest BCUT2D eigenvalue weighted by atomic mass is 9.92. The Morgan fingerprint density at radius 3 is 2.65 bits per heavy atom. The van der Waals surface area contributed by atoms with E-state index in [9.17, 15) is 8.42 Å². The Balaban J connectivity index is 1.79. The van der Waals surface area contributed by atoms with Gasteiger partial charge >= 0.3 is 0 Å². The number of hydrogen-bond acceptors (Lipinski definition) is 4. The summed E-state index contributed by atoms with van der Waals surface area (Å²) < 4.78 is 27.1. The fraction of sp³-hybridized carbons (Fsp3) is 0.471. The minimum Gasteiger partial charge on any atom is -0.328 e. The van der Waals surface area contributed by atoms with Crippen LogP contribution in [0.15, 0.2) is 36.5 Å². The van der Waals surface area contributed by atoms with E-state index in [4.69, 9.17) is 5.73 Å². The summed E-state index contributed by atoms with van der Waals surface area (Å²) in [7, 11) is -3.32. The number of piperidine rings is 1. The number of pyridine rings is 1. The number of nitrogens with zero attached hydrogens (tertiary/aromatic N) is 2. The Labute approximate surface area is 137 Å². The van der Waals surface area contributed by atoms with Crippen LogP contribution in [0.1, 0.15) is 25.3 Å². The summed E-state index contributed by atoms with van der Waals surface area (Å²) in [6.07, 6.45) is 3.38. The summed E-state index contributed by atoms with van der Waals surface area (Å²) in [6.45, 7) is 3.12. The molecule has 1 saturated heterocycles. The molecule has 124 valence electrons. The highest BCUT2D eigenvalue weighted by atomic mass is 32.2. The molecule has 1 aromatic heterocycles. The monoisotopic (exact) mass is 333 g/mol. The molecule has 2 N–H and O–H groups in total. The van der Waals surface area contributed by atoms with E-state index >= 15 is 0 Å². The zero-order valence-corrected chi connectivity index (χ0v) is 14.2. The number of sulfonamides is 1. The minimum absolute atomic E-state index is 0.00417. The predicted octanol–water partition coefficient (Wildman–Crippen LogP) is 2.12. The lowest BCUT2D eigenvalue weighted by Gasteiger charge is -2.33. The van der Waals surface area contributed by atoms with E-state index in [0.717, 1.165) is 29.3 Å². The Morgan fingerprint density at radius 2 is 1.96 bits per heavy atom. The van der Waals surface area contributed by atoms with Crippen molar-refractivity contribution in [1.82, 2.24) is 9.29 Å². The molecule has 0 amide bonds. The Bertz CT molecular complexity index is 776. The van der Waals surface area contributed by atoms with Crippen molar-refractivity contribution in [2.45, 2.75) is 31.6 Å². The third-order valence-corrected chi connectivity index (χ3v) is 6.52. The number of benzene rings is 1. The molecule has 0 radical (unpaired) electrons. The van der Waals surface area contributed by atoms with Gasteiger partial charge in [0.25, 0.3) is 0 Å². The first-order valence-electron chi connectivity index (χ1n) is 8.03. The van der Waals surface area contributed by atoms with E-state index in [1.165, 1.54) is 0 Å². The highest BCUT2D eigenvalue weighted by Gasteiger charge is 2.29. The van der Waals surface area contributed by atoms with Crippen molar-refractivity contribution in [3.63, 3.8) is 0 Å². The smallest absolute Gasteiger partial charge is 0.218 e. The molecular weight excluding hydrogens is 310 g/mol. The van der Waals surface area contributed by atoms with Crippen LogP contribution < -0.4 is 5.73 Å². The van der Waals surface area contributed by atoms with Gasteiger partial charge in [0.15, 0.2) is 0 Å². The van der Waals surface area contributed by atoms with Crippen LogP contribution in [0.3, 0.4) is 0 Å². The molecule has 1 unspecified atom stereocenters. The van der Waals surface area contributed by atoms with Crippen LogP contribution >= 0.6 is 0 Å². The van der Waals surface area contributed by atoms with E-state index in [1.807, 2.05) is 37.3 Å². The molecule has 1 atom stereocenters. The molecule has 1 aliphatic rings. The van der Waals surface area contributed by atoms with Crippen LogP contribution in [0.2, 0.25) is 0 Å². The fourth-order valence-corrected chi connectivity index (χ4v) is 4.83. The first-order valence-corrected chi connectivity index (χ1v) is 9.64. The number of hydrogen-bond donors (Lipinski definition) is 1. The van der Waals surface area contributed by atoms with Crippen LogP contribution in [-0.2, 0) is 15.8 Å². The van der Waals surface area contributed by atoms with Crippen LogP contribution in [-0.4, -0.2) is 36.8 Å². The van der Waals surface area contributed by atoms with Crippen molar-refractivity contribution in [1.29, 1.82) is 0 Å². The third kappa shape index (κ3) is 3.54. The van der Waals surface area contributed by atoms with Crippen molar-refractivity contribution in [2.75, 3.05) is 13.1 Å². The number of nitrogens with two attached hydrogens (primary N) is 1. The SMILES string of the molecule is CC(N)C1CCN(S(=O)(=O)Cc2cccc3cccnc23)CC1. The minimum atomic E-state index is -3.32. The molecule has 1 fully saturated rings. The number of aromatic nitrogens is 1. The summed E-state index contributed by atoms with van der Waals surface area (Å²) >= 11 is 0.